The summed E-state index contributed by atoms with van der Waals surface area (Å²) in [6.07, 6.45) is -5.71. The highest BCUT2D eigenvalue weighted by atomic mass is 32.2. The van der Waals surface area contributed by atoms with Crippen molar-refractivity contribution in [1.82, 2.24) is 9.88 Å². The Kier molecular flexibility index (Phi) is 8.45. The van der Waals surface area contributed by atoms with E-state index < -0.39 is 53.0 Å². The Bertz CT molecular complexity index is 1130. The van der Waals surface area contributed by atoms with Gasteiger partial charge in [-0.05, 0) is 42.2 Å². The lowest BCUT2D eigenvalue weighted by molar-refractivity contribution is -0.249. The number of hydrogen-bond donors (Lipinski definition) is 4. The number of thioether (sulfide) groups is 1. The number of imide groups is 1. The zero-order valence-corrected chi connectivity index (χ0v) is 20.8. The molecule has 198 valence electrons. The van der Waals surface area contributed by atoms with Crippen LogP contribution in [0.4, 0.5) is 4.79 Å². The molecule has 3 heterocycles. The Morgan fingerprint density at radius 2 is 1.76 bits per heavy atom. The number of carboxylic acids is 1. The van der Waals surface area contributed by atoms with E-state index in [9.17, 15) is 34.8 Å². The highest BCUT2D eigenvalue weighted by molar-refractivity contribution is 8.15. The fraction of sp³-hybridized carbons (Fsp3) is 0.440. The van der Waals surface area contributed by atoms with Crippen LogP contribution in [0.25, 0.3) is 0 Å². The summed E-state index contributed by atoms with van der Waals surface area (Å²) in [6, 6.07) is 11.1. The average Bonchev–Trinajstić information content (AvgIpc) is 3.16. The van der Waals surface area contributed by atoms with Crippen molar-refractivity contribution in [2.24, 2.45) is 0 Å². The summed E-state index contributed by atoms with van der Waals surface area (Å²) in [5, 5.41) is 37.8. The van der Waals surface area contributed by atoms with Crippen LogP contribution in [0, 0.1) is 0 Å². The molecule has 0 bridgehead atoms. The maximum absolute atomic E-state index is 13.0. The number of carbonyl (C=O) groups is 3. The summed E-state index contributed by atoms with van der Waals surface area (Å²) in [5.74, 6) is -1.64. The van der Waals surface area contributed by atoms with Gasteiger partial charge in [-0.2, -0.15) is 0 Å². The minimum atomic E-state index is -1.92. The zero-order valence-electron chi connectivity index (χ0n) is 20.0. The summed E-state index contributed by atoms with van der Waals surface area (Å²) in [5.41, 5.74) is 2.87. The van der Waals surface area contributed by atoms with E-state index in [1.807, 2.05) is 18.3 Å². The molecule has 2 saturated heterocycles. The summed E-state index contributed by atoms with van der Waals surface area (Å²) in [7, 11) is 0. The summed E-state index contributed by atoms with van der Waals surface area (Å²) in [6.45, 7) is 2.52. The van der Waals surface area contributed by atoms with Crippen molar-refractivity contribution in [1.29, 1.82) is 0 Å². The monoisotopic (exact) mass is 532 g/mol. The molecule has 6 atom stereocenters. The molecule has 37 heavy (non-hydrogen) atoms. The first-order valence-corrected chi connectivity index (χ1v) is 12.7. The molecule has 0 spiro atoms. The number of benzene rings is 1. The van der Waals surface area contributed by atoms with Crippen LogP contribution in [0.3, 0.4) is 0 Å². The topological polar surface area (TPSA) is 167 Å². The van der Waals surface area contributed by atoms with Crippen molar-refractivity contribution in [3.8, 4) is 5.75 Å². The van der Waals surface area contributed by atoms with E-state index in [0.717, 1.165) is 29.4 Å². The van der Waals surface area contributed by atoms with Gasteiger partial charge in [0.15, 0.2) is 12.3 Å². The Labute approximate surface area is 217 Å². The molecule has 2 amide bonds. The number of aliphatic carboxylic acids is 1. The number of pyridine rings is 1. The van der Waals surface area contributed by atoms with E-state index >= 15 is 0 Å². The van der Waals surface area contributed by atoms with Crippen LogP contribution >= 0.6 is 11.8 Å². The Hall–Kier alpha value is -3.03. The molecule has 2 aliphatic rings. The molecular weight excluding hydrogens is 504 g/mol. The molecule has 0 saturated carbocycles. The number of hydrogen-bond acceptors (Lipinski definition) is 10. The lowest BCUT2D eigenvalue weighted by atomic mass is 9.97. The fourth-order valence-electron chi connectivity index (χ4n) is 4.13. The Morgan fingerprint density at radius 3 is 2.38 bits per heavy atom. The first-order chi connectivity index (χ1) is 17.7. The number of amides is 2. The number of aliphatic hydroxyl groups is 3. The van der Waals surface area contributed by atoms with E-state index in [2.05, 4.69) is 11.9 Å². The standard InChI is InChI=1S/C25H28N2O9S/c1-2-13-3-6-15(26-12-13)9-10-35-16-7-4-14(5-8-16)11-17-22(31)27(25(34)37-17)23-20(30)18(28)19(29)21(36-23)24(32)33/h3-8,12,17-21,23,28-30H,2,9-11H2,1H3,(H,32,33). The van der Waals surface area contributed by atoms with Crippen LogP contribution in [0.15, 0.2) is 42.6 Å². The van der Waals surface area contributed by atoms with Gasteiger partial charge in [0.2, 0.25) is 5.91 Å². The maximum Gasteiger partial charge on any atom is 0.335 e. The van der Waals surface area contributed by atoms with E-state index in [0.29, 0.717) is 23.7 Å². The van der Waals surface area contributed by atoms with Gasteiger partial charge in [-0.1, -0.05) is 36.9 Å². The number of carboxylic acid groups (broad SMARTS) is 1. The minimum Gasteiger partial charge on any atom is -0.493 e. The molecule has 1 aromatic heterocycles. The number of rotatable bonds is 9. The summed E-state index contributed by atoms with van der Waals surface area (Å²) in [4.78, 5) is 41.9. The average molecular weight is 533 g/mol. The predicted molar refractivity (Wildman–Crippen MR) is 131 cm³/mol. The molecule has 1 aromatic carbocycles. The van der Waals surface area contributed by atoms with E-state index in [4.69, 9.17) is 9.47 Å². The van der Waals surface area contributed by atoms with Crippen molar-refractivity contribution in [2.45, 2.75) is 62.1 Å². The zero-order chi connectivity index (χ0) is 26.7. The third-order valence-corrected chi connectivity index (χ3v) is 7.36. The highest BCUT2D eigenvalue weighted by Gasteiger charge is 2.54. The van der Waals surface area contributed by atoms with Gasteiger partial charge in [-0.3, -0.25) is 14.6 Å². The van der Waals surface area contributed by atoms with Crippen molar-refractivity contribution in [2.75, 3.05) is 6.61 Å². The van der Waals surface area contributed by atoms with Gasteiger partial charge in [-0.25, -0.2) is 9.69 Å². The third-order valence-electron chi connectivity index (χ3n) is 6.30. The SMILES string of the molecule is CCc1ccc(CCOc2ccc(CC3SC(=O)N(C4OC(C(=O)O)C(O)C(O)C4O)C3=O)cc2)nc1. The highest BCUT2D eigenvalue weighted by Crippen LogP contribution is 2.35. The van der Waals surface area contributed by atoms with Crippen molar-refractivity contribution in [3.05, 3.63) is 59.4 Å². The number of aryl methyl sites for hydroxylation is 1. The van der Waals surface area contributed by atoms with Gasteiger partial charge in [0, 0.05) is 18.3 Å². The van der Waals surface area contributed by atoms with Crippen LogP contribution in [0.2, 0.25) is 0 Å². The quantitative estimate of drug-likeness (QED) is 0.360. The van der Waals surface area contributed by atoms with E-state index in [-0.39, 0.29) is 6.42 Å². The van der Waals surface area contributed by atoms with Gasteiger partial charge in [-0.15, -0.1) is 0 Å². The molecule has 11 nitrogen and oxygen atoms in total. The van der Waals surface area contributed by atoms with Crippen molar-refractivity contribution < 1.29 is 44.3 Å². The van der Waals surface area contributed by atoms with Crippen molar-refractivity contribution in [3.63, 3.8) is 0 Å². The molecule has 0 radical (unpaired) electrons. The summed E-state index contributed by atoms with van der Waals surface area (Å²) < 4.78 is 10.9. The van der Waals surface area contributed by atoms with Crippen molar-refractivity contribution >= 4 is 28.9 Å². The van der Waals surface area contributed by atoms with Gasteiger partial charge in [0.05, 0.1) is 11.9 Å². The van der Waals surface area contributed by atoms with Crippen LogP contribution in [-0.4, -0.2) is 89.9 Å². The molecule has 4 rings (SSSR count). The van der Waals surface area contributed by atoms with Crippen LogP contribution in [-0.2, 0) is 33.6 Å². The van der Waals surface area contributed by atoms with Crippen LogP contribution in [0.5, 0.6) is 5.75 Å². The minimum absolute atomic E-state index is 0.191. The first kappa shape index (κ1) is 27.0. The number of aromatic nitrogens is 1. The largest absolute Gasteiger partial charge is 0.493 e. The Balaban J connectivity index is 1.33. The smallest absolute Gasteiger partial charge is 0.335 e. The molecule has 2 aromatic rings. The van der Waals surface area contributed by atoms with Crippen LogP contribution < -0.4 is 4.74 Å². The molecule has 4 N–H and O–H groups in total. The van der Waals surface area contributed by atoms with Gasteiger partial charge in [0.1, 0.15) is 24.1 Å². The number of nitrogens with zero attached hydrogens (tertiary/aromatic N) is 2. The second kappa shape index (κ2) is 11.6. The van der Waals surface area contributed by atoms with Gasteiger partial charge in [0.25, 0.3) is 5.24 Å². The molecule has 2 fully saturated rings. The molecular formula is C25H28N2O9S. The third kappa shape index (κ3) is 5.94. The lowest BCUT2D eigenvalue weighted by Gasteiger charge is -2.41. The van der Waals surface area contributed by atoms with E-state index in [1.54, 1.807) is 24.3 Å². The number of aliphatic hydroxyl groups excluding tert-OH is 3. The van der Waals surface area contributed by atoms with E-state index in [1.165, 1.54) is 5.56 Å². The first-order valence-electron chi connectivity index (χ1n) is 11.8. The molecule has 0 aliphatic carbocycles. The normalized spacial score (nSPS) is 27.9. The second-order valence-electron chi connectivity index (χ2n) is 8.80. The van der Waals surface area contributed by atoms with Gasteiger partial charge < -0.3 is 29.9 Å². The summed E-state index contributed by atoms with van der Waals surface area (Å²) >= 11 is 0.719. The Morgan fingerprint density at radius 1 is 1.05 bits per heavy atom. The number of ether oxygens (including phenoxy) is 2. The second-order valence-corrected chi connectivity index (χ2v) is 9.95. The maximum atomic E-state index is 13.0. The lowest BCUT2D eigenvalue weighted by Crippen LogP contribution is -2.65. The number of carbonyl (C=O) groups excluding carboxylic acids is 2. The fourth-order valence-corrected chi connectivity index (χ4v) is 5.17. The van der Waals surface area contributed by atoms with Gasteiger partial charge >= 0.3 is 5.97 Å². The van der Waals surface area contributed by atoms with Crippen LogP contribution in [0.1, 0.15) is 23.7 Å². The molecule has 6 unspecified atom stereocenters. The predicted octanol–water partition coefficient (Wildman–Crippen LogP) is 0.764. The molecule has 2 aliphatic heterocycles. The molecule has 12 heteroatoms.